The van der Waals surface area contributed by atoms with Crippen LogP contribution in [0.1, 0.15) is 63.0 Å². The lowest BCUT2D eigenvalue weighted by Gasteiger charge is -2.31. The van der Waals surface area contributed by atoms with Crippen LogP contribution in [0.5, 0.6) is 0 Å². The second-order valence-corrected chi connectivity index (χ2v) is 12.3. The van der Waals surface area contributed by atoms with Gasteiger partial charge in [0.15, 0.2) is 0 Å². The maximum absolute atomic E-state index is 13.4. The summed E-state index contributed by atoms with van der Waals surface area (Å²) in [5.41, 5.74) is 2.43. The van der Waals surface area contributed by atoms with E-state index >= 15 is 0 Å². The van der Waals surface area contributed by atoms with Gasteiger partial charge in [-0.2, -0.15) is 0 Å². The number of amides is 2. The van der Waals surface area contributed by atoms with Gasteiger partial charge in [0.1, 0.15) is 6.04 Å². The molecule has 202 valence electrons. The molecule has 1 fully saturated rings. The molecule has 1 aliphatic rings. The topological polar surface area (TPSA) is 86.8 Å². The van der Waals surface area contributed by atoms with Gasteiger partial charge in [0.25, 0.3) is 0 Å². The predicted octanol–water partition coefficient (Wildman–Crippen LogP) is 5.06. The number of carbonyl (C=O) groups excluding carboxylic acids is 2. The van der Waals surface area contributed by atoms with Crippen LogP contribution in [0.3, 0.4) is 0 Å². The molecule has 1 atom stereocenters. The number of nitrogens with zero attached hydrogens (tertiary/aromatic N) is 2. The average molecular weight is 548 g/mol. The summed E-state index contributed by atoms with van der Waals surface area (Å²) in [6.45, 7) is 4.09. The number of rotatable bonds is 11. The van der Waals surface area contributed by atoms with E-state index < -0.39 is 16.1 Å². The van der Waals surface area contributed by atoms with Crippen molar-refractivity contribution in [1.82, 2.24) is 10.2 Å². The van der Waals surface area contributed by atoms with Crippen molar-refractivity contribution in [2.45, 2.75) is 77.4 Å². The van der Waals surface area contributed by atoms with Crippen LogP contribution in [-0.2, 0) is 26.2 Å². The molecule has 0 radical (unpaired) electrons. The molecule has 1 aliphatic carbocycles. The average Bonchev–Trinajstić information content (AvgIpc) is 2.85. The molecule has 9 heteroatoms. The van der Waals surface area contributed by atoms with Gasteiger partial charge in [0.05, 0.1) is 11.9 Å². The van der Waals surface area contributed by atoms with Crippen molar-refractivity contribution in [1.29, 1.82) is 0 Å². The highest BCUT2D eigenvalue weighted by molar-refractivity contribution is 7.92. The number of carbonyl (C=O) groups is 2. The standard InChI is InChI=1S/C28H38ClN3O4S/c1-21-14-16-26(17-15-21)32(37(3,35)36)18-8-13-27(33)31(20-23-9-7-10-24(29)19-23)22(2)28(34)30-25-11-5-4-6-12-25/h7,9-10,14-17,19,22,25H,4-6,8,11-13,18,20H2,1-3H3,(H,30,34). The predicted molar refractivity (Wildman–Crippen MR) is 149 cm³/mol. The molecule has 2 aromatic carbocycles. The summed E-state index contributed by atoms with van der Waals surface area (Å²) in [4.78, 5) is 28.1. The summed E-state index contributed by atoms with van der Waals surface area (Å²) >= 11 is 6.16. The van der Waals surface area contributed by atoms with E-state index in [0.29, 0.717) is 17.1 Å². The van der Waals surface area contributed by atoms with Crippen LogP contribution in [-0.4, -0.2) is 50.0 Å². The van der Waals surface area contributed by atoms with Gasteiger partial charge in [-0.3, -0.25) is 13.9 Å². The third-order valence-electron chi connectivity index (χ3n) is 6.83. The Balaban J connectivity index is 1.71. The Morgan fingerprint density at radius 3 is 2.38 bits per heavy atom. The maximum Gasteiger partial charge on any atom is 0.242 e. The first-order valence-corrected chi connectivity index (χ1v) is 15.2. The molecule has 0 bridgehead atoms. The van der Waals surface area contributed by atoms with Gasteiger partial charge < -0.3 is 10.2 Å². The van der Waals surface area contributed by atoms with Crippen molar-refractivity contribution in [2.75, 3.05) is 17.1 Å². The highest BCUT2D eigenvalue weighted by Gasteiger charge is 2.28. The number of halogens is 1. The molecular formula is C28H38ClN3O4S. The Kier molecular flexibility index (Phi) is 10.4. The molecule has 0 aliphatic heterocycles. The lowest BCUT2D eigenvalue weighted by Crippen LogP contribution is -2.50. The van der Waals surface area contributed by atoms with Crippen molar-refractivity contribution in [3.05, 3.63) is 64.7 Å². The van der Waals surface area contributed by atoms with Gasteiger partial charge in [-0.05, 0) is 62.9 Å². The van der Waals surface area contributed by atoms with Gasteiger partial charge in [0, 0.05) is 30.6 Å². The molecule has 2 aromatic rings. The molecule has 1 unspecified atom stereocenters. The molecule has 0 saturated heterocycles. The number of hydrogen-bond acceptors (Lipinski definition) is 4. The van der Waals surface area contributed by atoms with Crippen LogP contribution in [0.4, 0.5) is 5.69 Å². The van der Waals surface area contributed by atoms with Crippen LogP contribution in [0.2, 0.25) is 5.02 Å². The molecule has 0 aromatic heterocycles. The SMILES string of the molecule is Cc1ccc(N(CCCC(=O)N(Cc2cccc(Cl)c2)C(C)C(=O)NC2CCCCC2)S(C)(=O)=O)cc1. The van der Waals surface area contributed by atoms with Gasteiger partial charge in [-0.1, -0.05) is 60.7 Å². The smallest absolute Gasteiger partial charge is 0.242 e. The van der Waals surface area contributed by atoms with E-state index in [0.717, 1.165) is 43.1 Å². The minimum atomic E-state index is -3.52. The van der Waals surface area contributed by atoms with Crippen molar-refractivity contribution in [3.63, 3.8) is 0 Å². The Morgan fingerprint density at radius 2 is 1.76 bits per heavy atom. The molecule has 1 saturated carbocycles. The van der Waals surface area contributed by atoms with Gasteiger partial charge >= 0.3 is 0 Å². The largest absolute Gasteiger partial charge is 0.352 e. The number of nitrogens with one attached hydrogen (secondary N) is 1. The summed E-state index contributed by atoms with van der Waals surface area (Å²) in [7, 11) is -3.52. The third kappa shape index (κ3) is 8.75. The first-order chi connectivity index (χ1) is 17.5. The zero-order chi connectivity index (χ0) is 27.0. The maximum atomic E-state index is 13.4. The Morgan fingerprint density at radius 1 is 1.08 bits per heavy atom. The molecule has 3 rings (SSSR count). The zero-order valence-corrected chi connectivity index (χ0v) is 23.5. The number of hydrogen-bond donors (Lipinski definition) is 1. The van der Waals surface area contributed by atoms with Crippen LogP contribution in [0.25, 0.3) is 0 Å². The minimum absolute atomic E-state index is 0.111. The molecule has 37 heavy (non-hydrogen) atoms. The number of aryl methyl sites for hydroxylation is 1. The molecule has 0 heterocycles. The summed E-state index contributed by atoms with van der Waals surface area (Å²) in [5.74, 6) is -0.372. The van der Waals surface area contributed by atoms with Crippen molar-refractivity contribution >= 4 is 39.1 Å². The lowest BCUT2D eigenvalue weighted by molar-refractivity contribution is -0.141. The Bertz CT molecular complexity index is 1160. The van der Waals surface area contributed by atoms with Crippen molar-refractivity contribution in [2.24, 2.45) is 0 Å². The van der Waals surface area contributed by atoms with Crippen molar-refractivity contribution < 1.29 is 18.0 Å². The number of anilines is 1. The second-order valence-electron chi connectivity index (χ2n) is 9.95. The van der Waals surface area contributed by atoms with Crippen LogP contribution in [0, 0.1) is 6.92 Å². The molecule has 1 N–H and O–H groups in total. The number of sulfonamides is 1. The second kappa shape index (κ2) is 13.3. The van der Waals surface area contributed by atoms with E-state index in [4.69, 9.17) is 11.6 Å². The lowest BCUT2D eigenvalue weighted by atomic mass is 9.95. The fraction of sp³-hybridized carbons (Fsp3) is 0.500. The molecular weight excluding hydrogens is 510 g/mol. The van der Waals surface area contributed by atoms with Crippen LogP contribution >= 0.6 is 11.6 Å². The first kappa shape index (κ1) is 29.0. The Labute approximate surface area is 226 Å². The molecule has 2 amide bonds. The van der Waals surface area contributed by atoms with Gasteiger partial charge in [-0.15, -0.1) is 0 Å². The van der Waals surface area contributed by atoms with E-state index in [1.807, 2.05) is 31.2 Å². The highest BCUT2D eigenvalue weighted by Crippen LogP contribution is 2.21. The van der Waals surface area contributed by atoms with Crippen LogP contribution in [0.15, 0.2) is 48.5 Å². The Hall–Kier alpha value is -2.58. The van der Waals surface area contributed by atoms with E-state index in [2.05, 4.69) is 5.32 Å². The summed E-state index contributed by atoms with van der Waals surface area (Å²) in [6, 6.07) is 14.0. The van der Waals surface area contributed by atoms with E-state index in [9.17, 15) is 18.0 Å². The molecule has 0 spiro atoms. The zero-order valence-electron chi connectivity index (χ0n) is 22.0. The summed E-state index contributed by atoms with van der Waals surface area (Å²) in [6.07, 6.45) is 6.90. The number of benzene rings is 2. The van der Waals surface area contributed by atoms with E-state index in [1.54, 1.807) is 36.1 Å². The quantitative estimate of drug-likeness (QED) is 0.426. The minimum Gasteiger partial charge on any atom is -0.352 e. The fourth-order valence-electron chi connectivity index (χ4n) is 4.70. The van der Waals surface area contributed by atoms with Gasteiger partial charge in [0.2, 0.25) is 21.8 Å². The third-order valence-corrected chi connectivity index (χ3v) is 8.26. The summed E-state index contributed by atoms with van der Waals surface area (Å²) < 4.78 is 26.2. The van der Waals surface area contributed by atoms with Crippen molar-refractivity contribution in [3.8, 4) is 0 Å². The van der Waals surface area contributed by atoms with E-state index in [-0.39, 0.29) is 37.4 Å². The van der Waals surface area contributed by atoms with E-state index in [1.165, 1.54) is 10.7 Å². The van der Waals surface area contributed by atoms with Gasteiger partial charge in [-0.25, -0.2) is 8.42 Å². The van der Waals surface area contributed by atoms with Crippen LogP contribution < -0.4 is 9.62 Å². The monoisotopic (exact) mass is 547 g/mol. The highest BCUT2D eigenvalue weighted by atomic mass is 35.5. The normalized spacial score (nSPS) is 15.1. The first-order valence-electron chi connectivity index (χ1n) is 12.9. The summed E-state index contributed by atoms with van der Waals surface area (Å²) in [5, 5.41) is 3.69. The fourth-order valence-corrected chi connectivity index (χ4v) is 5.88. The molecule has 7 nitrogen and oxygen atoms in total.